The van der Waals surface area contributed by atoms with E-state index >= 15 is 0 Å². The smallest absolute Gasteiger partial charge is 0.260 e. The highest BCUT2D eigenvalue weighted by Gasteiger charge is 2.20. The number of carbonyl (C=O) groups is 2. The van der Waals surface area contributed by atoms with E-state index in [0.29, 0.717) is 22.9 Å². The van der Waals surface area contributed by atoms with Crippen LogP contribution in [0.2, 0.25) is 0 Å². The van der Waals surface area contributed by atoms with Crippen LogP contribution in [0, 0.1) is 6.92 Å². The first-order chi connectivity index (χ1) is 12.9. The predicted molar refractivity (Wildman–Crippen MR) is 105 cm³/mol. The minimum Gasteiger partial charge on any atom is -0.307 e. The van der Waals surface area contributed by atoms with Crippen molar-refractivity contribution in [1.29, 1.82) is 0 Å². The van der Waals surface area contributed by atoms with Crippen molar-refractivity contribution in [1.82, 2.24) is 14.8 Å². The van der Waals surface area contributed by atoms with Crippen molar-refractivity contribution in [2.75, 3.05) is 17.3 Å². The Morgan fingerprint density at radius 3 is 2.41 bits per heavy atom. The molecule has 0 aliphatic heterocycles. The lowest BCUT2D eigenvalue weighted by molar-refractivity contribution is -0.116. The van der Waals surface area contributed by atoms with E-state index in [9.17, 15) is 9.59 Å². The first-order valence-electron chi connectivity index (χ1n) is 8.49. The topological polar surface area (TPSA) is 80.1 Å². The van der Waals surface area contributed by atoms with Crippen LogP contribution in [0.3, 0.4) is 0 Å². The van der Waals surface area contributed by atoms with Crippen LogP contribution in [-0.4, -0.2) is 33.6 Å². The maximum atomic E-state index is 12.8. The average Bonchev–Trinajstić information content (AvgIpc) is 2.98. The third-order valence-corrected chi connectivity index (χ3v) is 4.22. The molecule has 0 saturated heterocycles. The van der Waals surface area contributed by atoms with Gasteiger partial charge < -0.3 is 5.32 Å². The van der Waals surface area contributed by atoms with Crippen molar-refractivity contribution in [2.24, 2.45) is 7.05 Å². The second kappa shape index (κ2) is 7.41. The van der Waals surface area contributed by atoms with Gasteiger partial charge in [0, 0.05) is 32.6 Å². The van der Waals surface area contributed by atoms with E-state index in [-0.39, 0.29) is 11.8 Å². The molecule has 0 fully saturated rings. The predicted octanol–water partition coefficient (Wildman–Crippen LogP) is 3.03. The van der Waals surface area contributed by atoms with E-state index in [1.807, 2.05) is 37.3 Å². The molecular formula is C20H21N5O2. The number of hydrogen-bond acceptors (Lipinski definition) is 4. The van der Waals surface area contributed by atoms with Crippen molar-refractivity contribution in [3.05, 3.63) is 59.8 Å². The quantitative estimate of drug-likeness (QED) is 0.773. The molecule has 0 bridgehead atoms. The molecule has 1 N–H and O–H groups in total. The van der Waals surface area contributed by atoms with Gasteiger partial charge >= 0.3 is 0 Å². The Labute approximate surface area is 157 Å². The summed E-state index contributed by atoms with van der Waals surface area (Å²) in [6, 6.07) is 14.8. The van der Waals surface area contributed by atoms with Crippen LogP contribution in [0.25, 0.3) is 11.3 Å². The highest BCUT2D eigenvalue weighted by molar-refractivity contribution is 6.09. The molecule has 3 rings (SSSR count). The lowest BCUT2D eigenvalue weighted by Crippen LogP contribution is -2.28. The summed E-state index contributed by atoms with van der Waals surface area (Å²) in [6.45, 7) is 3.28. The van der Waals surface area contributed by atoms with Gasteiger partial charge in [0.05, 0.1) is 17.0 Å². The van der Waals surface area contributed by atoms with E-state index in [1.54, 1.807) is 37.0 Å². The minimum atomic E-state index is -0.354. The van der Waals surface area contributed by atoms with E-state index in [2.05, 4.69) is 15.4 Å². The Morgan fingerprint density at radius 1 is 1.11 bits per heavy atom. The van der Waals surface area contributed by atoms with Crippen molar-refractivity contribution in [3.8, 4) is 11.3 Å². The molecule has 0 atom stereocenters. The number of hydrogen-bond donors (Lipinski definition) is 1. The SMILES string of the molecule is CC(=O)N(C)c1nc(-c2ccccc2)ccc1C(=O)Nc1cc(C)nn1C. The fourth-order valence-corrected chi connectivity index (χ4v) is 2.71. The number of carbonyl (C=O) groups excluding carboxylic acids is 2. The van der Waals surface area contributed by atoms with Crippen LogP contribution in [0.1, 0.15) is 23.0 Å². The number of nitrogens with one attached hydrogen (secondary N) is 1. The fourth-order valence-electron chi connectivity index (χ4n) is 2.71. The molecule has 2 aromatic heterocycles. The summed E-state index contributed by atoms with van der Waals surface area (Å²) in [5, 5.41) is 7.04. The summed E-state index contributed by atoms with van der Waals surface area (Å²) in [5.41, 5.74) is 2.70. The maximum Gasteiger partial charge on any atom is 0.260 e. The molecule has 7 nitrogen and oxygen atoms in total. The van der Waals surface area contributed by atoms with Gasteiger partial charge in [0.25, 0.3) is 5.91 Å². The highest BCUT2D eigenvalue weighted by atomic mass is 16.2. The molecular weight excluding hydrogens is 342 g/mol. The number of rotatable bonds is 4. The Balaban J connectivity index is 2.02. The molecule has 2 amide bonds. The molecule has 0 unspecified atom stereocenters. The van der Waals surface area contributed by atoms with E-state index in [4.69, 9.17) is 0 Å². The Hall–Kier alpha value is -3.48. The van der Waals surface area contributed by atoms with Crippen LogP contribution in [0.4, 0.5) is 11.6 Å². The molecule has 27 heavy (non-hydrogen) atoms. The second-order valence-electron chi connectivity index (χ2n) is 6.26. The number of nitrogens with zero attached hydrogens (tertiary/aromatic N) is 4. The molecule has 3 aromatic rings. The van der Waals surface area contributed by atoms with Gasteiger partial charge in [-0.1, -0.05) is 30.3 Å². The normalized spacial score (nSPS) is 10.5. The van der Waals surface area contributed by atoms with Crippen LogP contribution < -0.4 is 10.2 Å². The van der Waals surface area contributed by atoms with Gasteiger partial charge in [0.15, 0.2) is 0 Å². The Morgan fingerprint density at radius 2 is 1.81 bits per heavy atom. The van der Waals surface area contributed by atoms with Gasteiger partial charge in [0.1, 0.15) is 11.6 Å². The van der Waals surface area contributed by atoms with Gasteiger partial charge in [-0.2, -0.15) is 5.10 Å². The summed E-state index contributed by atoms with van der Waals surface area (Å²) in [6.07, 6.45) is 0. The second-order valence-corrected chi connectivity index (χ2v) is 6.26. The average molecular weight is 363 g/mol. The summed E-state index contributed by atoms with van der Waals surface area (Å²) >= 11 is 0. The number of anilines is 2. The number of amides is 2. The zero-order chi connectivity index (χ0) is 19.6. The molecule has 0 aliphatic carbocycles. The van der Waals surface area contributed by atoms with Crippen LogP contribution in [0.15, 0.2) is 48.5 Å². The van der Waals surface area contributed by atoms with Gasteiger partial charge in [-0.05, 0) is 19.1 Å². The molecule has 0 aliphatic rings. The van der Waals surface area contributed by atoms with Gasteiger partial charge in [-0.15, -0.1) is 0 Å². The van der Waals surface area contributed by atoms with Gasteiger partial charge in [-0.3, -0.25) is 19.2 Å². The lowest BCUT2D eigenvalue weighted by atomic mass is 10.1. The number of pyridine rings is 1. The van der Waals surface area contributed by atoms with Crippen LogP contribution >= 0.6 is 0 Å². The summed E-state index contributed by atoms with van der Waals surface area (Å²) in [4.78, 5) is 30.7. The molecule has 7 heteroatoms. The number of aromatic nitrogens is 3. The molecule has 1 aromatic carbocycles. The van der Waals surface area contributed by atoms with Crippen molar-refractivity contribution >= 4 is 23.5 Å². The maximum absolute atomic E-state index is 12.8. The first kappa shape index (κ1) is 18.3. The lowest BCUT2D eigenvalue weighted by Gasteiger charge is -2.19. The molecule has 0 saturated carbocycles. The Kier molecular flexibility index (Phi) is 5.03. The Bertz CT molecular complexity index is 995. The number of aryl methyl sites for hydroxylation is 2. The monoisotopic (exact) mass is 363 g/mol. The molecule has 0 radical (unpaired) electrons. The van der Waals surface area contributed by atoms with Crippen molar-refractivity contribution in [2.45, 2.75) is 13.8 Å². The number of benzene rings is 1. The summed E-state index contributed by atoms with van der Waals surface area (Å²) in [7, 11) is 3.35. The minimum absolute atomic E-state index is 0.210. The molecule has 138 valence electrons. The highest BCUT2D eigenvalue weighted by Crippen LogP contribution is 2.25. The zero-order valence-electron chi connectivity index (χ0n) is 15.7. The standard InChI is InChI=1S/C20H21N5O2/c1-13-12-18(25(4)23-13)22-20(27)16-10-11-17(15-8-6-5-7-9-15)21-19(16)24(3)14(2)26/h5-12H,1-4H3,(H,22,27). The van der Waals surface area contributed by atoms with Gasteiger partial charge in [0.2, 0.25) is 5.91 Å². The van der Waals surface area contributed by atoms with Crippen molar-refractivity contribution < 1.29 is 9.59 Å². The van der Waals surface area contributed by atoms with Crippen molar-refractivity contribution in [3.63, 3.8) is 0 Å². The van der Waals surface area contributed by atoms with Gasteiger partial charge in [-0.25, -0.2) is 4.98 Å². The van der Waals surface area contributed by atoms with Crippen LogP contribution in [-0.2, 0) is 11.8 Å². The summed E-state index contributed by atoms with van der Waals surface area (Å²) in [5.74, 6) is 0.313. The first-order valence-corrected chi connectivity index (χ1v) is 8.49. The largest absolute Gasteiger partial charge is 0.307 e. The molecule has 2 heterocycles. The zero-order valence-corrected chi connectivity index (χ0v) is 15.7. The fraction of sp³-hybridized carbons (Fsp3) is 0.200. The third-order valence-electron chi connectivity index (χ3n) is 4.22. The third kappa shape index (κ3) is 3.87. The summed E-state index contributed by atoms with van der Waals surface area (Å²) < 4.78 is 1.59. The van der Waals surface area contributed by atoms with E-state index in [1.165, 1.54) is 11.8 Å². The van der Waals surface area contributed by atoms with E-state index < -0.39 is 0 Å². The molecule has 0 spiro atoms. The van der Waals surface area contributed by atoms with Crippen LogP contribution in [0.5, 0.6) is 0 Å². The van der Waals surface area contributed by atoms with E-state index in [0.717, 1.165) is 11.3 Å².